The fourth-order valence-corrected chi connectivity index (χ4v) is 3.00. The van der Waals surface area contributed by atoms with Gasteiger partial charge in [-0.1, -0.05) is 25.1 Å². The number of hydrogen-bond acceptors (Lipinski definition) is 5. The molecule has 3 rings (SSSR count). The minimum atomic E-state index is -0.465. The van der Waals surface area contributed by atoms with E-state index >= 15 is 0 Å². The molecule has 2 heterocycles. The monoisotopic (exact) mass is 366 g/mol. The SMILES string of the molecule is CCCn1nc(C(=O)N/N=C(/C)c2cc(C)oc2C)c2ccccc2c1=O. The lowest BCUT2D eigenvalue weighted by molar-refractivity contribution is 0.0949. The number of nitrogens with one attached hydrogen (secondary N) is 1. The fraction of sp³-hybridized carbons (Fsp3) is 0.300. The zero-order valence-electron chi connectivity index (χ0n) is 15.9. The summed E-state index contributed by atoms with van der Waals surface area (Å²) in [6, 6.07) is 8.84. The number of carbonyl (C=O) groups is 1. The molecular formula is C20H22N4O3. The Morgan fingerprint density at radius 3 is 2.59 bits per heavy atom. The highest BCUT2D eigenvalue weighted by molar-refractivity contribution is 6.06. The number of aryl methyl sites for hydroxylation is 3. The molecule has 0 aliphatic heterocycles. The summed E-state index contributed by atoms with van der Waals surface area (Å²) in [4.78, 5) is 25.2. The van der Waals surface area contributed by atoms with E-state index < -0.39 is 5.91 Å². The molecule has 1 N–H and O–H groups in total. The van der Waals surface area contributed by atoms with E-state index in [1.54, 1.807) is 31.2 Å². The molecule has 140 valence electrons. The van der Waals surface area contributed by atoms with Gasteiger partial charge in [0, 0.05) is 17.5 Å². The quantitative estimate of drug-likeness (QED) is 0.555. The molecule has 0 radical (unpaired) electrons. The van der Waals surface area contributed by atoms with Gasteiger partial charge in [-0.05, 0) is 39.3 Å². The molecule has 7 heteroatoms. The van der Waals surface area contributed by atoms with Crippen LogP contribution in [0.3, 0.4) is 0 Å². The lowest BCUT2D eigenvalue weighted by atomic mass is 10.1. The molecule has 1 amide bonds. The first-order valence-electron chi connectivity index (χ1n) is 8.84. The maximum absolute atomic E-state index is 12.7. The highest BCUT2D eigenvalue weighted by Crippen LogP contribution is 2.15. The van der Waals surface area contributed by atoms with Gasteiger partial charge in [0.1, 0.15) is 11.5 Å². The second kappa shape index (κ2) is 7.57. The number of rotatable bonds is 5. The van der Waals surface area contributed by atoms with E-state index in [-0.39, 0.29) is 11.3 Å². The molecule has 0 saturated carbocycles. The van der Waals surface area contributed by atoms with Crippen LogP contribution in [0.5, 0.6) is 0 Å². The molecule has 0 saturated heterocycles. The number of hydrazone groups is 1. The maximum Gasteiger partial charge on any atom is 0.292 e. The van der Waals surface area contributed by atoms with Gasteiger partial charge in [0.15, 0.2) is 5.69 Å². The van der Waals surface area contributed by atoms with Crippen LogP contribution in [-0.4, -0.2) is 21.4 Å². The Hall–Kier alpha value is -3.22. The number of amides is 1. The lowest BCUT2D eigenvalue weighted by Crippen LogP contribution is -2.29. The van der Waals surface area contributed by atoms with Gasteiger partial charge in [-0.3, -0.25) is 9.59 Å². The van der Waals surface area contributed by atoms with Crippen LogP contribution in [0.2, 0.25) is 0 Å². The average molecular weight is 366 g/mol. The Balaban J connectivity index is 1.98. The summed E-state index contributed by atoms with van der Waals surface area (Å²) in [5.41, 5.74) is 3.98. The zero-order valence-corrected chi connectivity index (χ0v) is 15.9. The number of fused-ring (bicyclic) bond motifs is 1. The van der Waals surface area contributed by atoms with Crippen molar-refractivity contribution in [1.82, 2.24) is 15.2 Å². The Bertz CT molecular complexity index is 1090. The van der Waals surface area contributed by atoms with Crippen LogP contribution in [-0.2, 0) is 6.54 Å². The third kappa shape index (κ3) is 3.67. The van der Waals surface area contributed by atoms with Gasteiger partial charge in [-0.2, -0.15) is 10.2 Å². The predicted molar refractivity (Wildman–Crippen MR) is 104 cm³/mol. The number of hydrogen-bond donors (Lipinski definition) is 1. The summed E-state index contributed by atoms with van der Waals surface area (Å²) in [6.07, 6.45) is 0.739. The lowest BCUT2D eigenvalue weighted by Gasteiger charge is -2.09. The maximum atomic E-state index is 12.7. The topological polar surface area (TPSA) is 89.5 Å². The molecule has 0 bridgehead atoms. The molecule has 0 fully saturated rings. The largest absolute Gasteiger partial charge is 0.466 e. The second-order valence-electron chi connectivity index (χ2n) is 6.39. The standard InChI is InChI=1S/C20H22N4O3/c1-5-10-24-20(26)16-9-7-6-8-15(16)18(23-24)19(25)22-21-13(3)17-11-12(2)27-14(17)4/h6-9,11H,5,10H2,1-4H3,(H,22,25)/b21-13-. The van der Waals surface area contributed by atoms with Crippen molar-refractivity contribution in [2.45, 2.75) is 40.7 Å². The Kier molecular flexibility index (Phi) is 5.21. The fourth-order valence-electron chi connectivity index (χ4n) is 3.00. The number of benzene rings is 1. The van der Waals surface area contributed by atoms with Crippen LogP contribution < -0.4 is 11.0 Å². The van der Waals surface area contributed by atoms with Crippen LogP contribution in [0, 0.1) is 13.8 Å². The minimum absolute atomic E-state index is 0.176. The molecule has 0 aliphatic rings. The Morgan fingerprint density at radius 1 is 1.26 bits per heavy atom. The molecule has 0 unspecified atom stereocenters. The van der Waals surface area contributed by atoms with Crippen molar-refractivity contribution in [3.8, 4) is 0 Å². The van der Waals surface area contributed by atoms with Gasteiger partial charge >= 0.3 is 0 Å². The van der Waals surface area contributed by atoms with E-state index in [0.29, 0.717) is 23.0 Å². The van der Waals surface area contributed by atoms with Gasteiger partial charge in [-0.25, -0.2) is 10.1 Å². The summed E-state index contributed by atoms with van der Waals surface area (Å²) < 4.78 is 6.83. The first-order valence-corrected chi connectivity index (χ1v) is 8.84. The third-order valence-corrected chi connectivity index (χ3v) is 4.27. The molecule has 0 spiro atoms. The number of furan rings is 1. The van der Waals surface area contributed by atoms with Crippen LogP contribution >= 0.6 is 0 Å². The number of nitrogens with zero attached hydrogens (tertiary/aromatic N) is 3. The third-order valence-electron chi connectivity index (χ3n) is 4.27. The van der Waals surface area contributed by atoms with Gasteiger partial charge < -0.3 is 4.42 Å². The van der Waals surface area contributed by atoms with Crippen molar-refractivity contribution in [3.05, 3.63) is 63.5 Å². The molecule has 7 nitrogen and oxygen atoms in total. The number of aromatic nitrogens is 2. The second-order valence-corrected chi connectivity index (χ2v) is 6.39. The van der Waals surface area contributed by atoms with Gasteiger partial charge in [0.25, 0.3) is 11.5 Å². The molecular weight excluding hydrogens is 344 g/mol. The van der Waals surface area contributed by atoms with Gasteiger partial charge in [0.2, 0.25) is 0 Å². The van der Waals surface area contributed by atoms with Crippen LogP contribution in [0.15, 0.2) is 44.6 Å². The zero-order chi connectivity index (χ0) is 19.6. The van der Waals surface area contributed by atoms with Crippen molar-refractivity contribution in [2.24, 2.45) is 5.10 Å². The normalized spacial score (nSPS) is 11.8. The van der Waals surface area contributed by atoms with Crippen LogP contribution in [0.4, 0.5) is 0 Å². The van der Waals surface area contributed by atoms with Crippen molar-refractivity contribution in [1.29, 1.82) is 0 Å². The molecule has 3 aromatic rings. The Labute approximate surface area is 156 Å². The molecule has 2 aromatic heterocycles. The summed E-state index contributed by atoms with van der Waals surface area (Å²) >= 11 is 0. The first kappa shape index (κ1) is 18.6. The summed E-state index contributed by atoms with van der Waals surface area (Å²) in [5.74, 6) is 1.05. The van der Waals surface area contributed by atoms with Gasteiger partial charge in [0.05, 0.1) is 11.1 Å². The smallest absolute Gasteiger partial charge is 0.292 e. The van der Waals surface area contributed by atoms with Crippen molar-refractivity contribution in [3.63, 3.8) is 0 Å². The molecule has 27 heavy (non-hydrogen) atoms. The summed E-state index contributed by atoms with van der Waals surface area (Å²) in [7, 11) is 0. The van der Waals surface area contributed by atoms with E-state index in [2.05, 4.69) is 15.6 Å². The van der Waals surface area contributed by atoms with Crippen molar-refractivity contribution >= 4 is 22.4 Å². The van der Waals surface area contributed by atoms with Crippen molar-refractivity contribution in [2.75, 3.05) is 0 Å². The van der Waals surface area contributed by atoms with Crippen molar-refractivity contribution < 1.29 is 9.21 Å². The number of carbonyl (C=O) groups excluding carboxylic acids is 1. The predicted octanol–water partition coefficient (Wildman–Crippen LogP) is 3.17. The minimum Gasteiger partial charge on any atom is -0.466 e. The van der Waals surface area contributed by atoms with E-state index in [4.69, 9.17) is 4.42 Å². The molecule has 0 atom stereocenters. The van der Waals surface area contributed by atoms with Crippen LogP contribution in [0.1, 0.15) is 47.8 Å². The van der Waals surface area contributed by atoms with Crippen LogP contribution in [0.25, 0.3) is 10.8 Å². The Morgan fingerprint density at radius 2 is 1.96 bits per heavy atom. The van der Waals surface area contributed by atoms with E-state index in [1.165, 1.54) is 4.68 Å². The highest BCUT2D eigenvalue weighted by Gasteiger charge is 2.16. The molecule has 0 aliphatic carbocycles. The summed E-state index contributed by atoms with van der Waals surface area (Å²) in [5, 5.41) is 9.42. The summed E-state index contributed by atoms with van der Waals surface area (Å²) in [6.45, 7) is 7.89. The van der Waals surface area contributed by atoms with E-state index in [1.807, 2.05) is 26.8 Å². The van der Waals surface area contributed by atoms with E-state index in [0.717, 1.165) is 23.5 Å². The van der Waals surface area contributed by atoms with E-state index in [9.17, 15) is 9.59 Å². The highest BCUT2D eigenvalue weighted by atomic mass is 16.3. The molecule has 1 aromatic carbocycles. The van der Waals surface area contributed by atoms with Gasteiger partial charge in [-0.15, -0.1) is 0 Å². The average Bonchev–Trinajstić information content (AvgIpc) is 3.00. The first-order chi connectivity index (χ1) is 12.9.